The minimum atomic E-state index is 0.517. The molecule has 0 spiro atoms. The lowest BCUT2D eigenvalue weighted by Gasteiger charge is -2.18. The Morgan fingerprint density at radius 2 is 1.94 bits per heavy atom. The van der Waals surface area contributed by atoms with Gasteiger partial charge < -0.3 is 10.1 Å². The molecular formula is C16H27NO. The average Bonchev–Trinajstić information content (AvgIpc) is 2.34. The zero-order valence-electron chi connectivity index (χ0n) is 12.3. The zero-order chi connectivity index (χ0) is 13.4. The van der Waals surface area contributed by atoms with E-state index in [-0.39, 0.29) is 0 Å². The van der Waals surface area contributed by atoms with Gasteiger partial charge in [0.15, 0.2) is 0 Å². The largest absolute Gasteiger partial charge is 0.382 e. The van der Waals surface area contributed by atoms with Crippen LogP contribution in [0.2, 0.25) is 0 Å². The summed E-state index contributed by atoms with van der Waals surface area (Å²) < 4.78 is 5.45. The number of nitrogens with one attached hydrogen (secondary N) is 1. The maximum Gasteiger partial charge on any atom is 0.0480 e. The van der Waals surface area contributed by atoms with Crippen molar-refractivity contribution in [1.82, 2.24) is 5.32 Å². The van der Waals surface area contributed by atoms with Gasteiger partial charge >= 0.3 is 0 Å². The molecule has 0 radical (unpaired) electrons. The number of rotatable bonds is 8. The van der Waals surface area contributed by atoms with Gasteiger partial charge in [0.1, 0.15) is 0 Å². The highest BCUT2D eigenvalue weighted by Crippen LogP contribution is 2.12. The summed E-state index contributed by atoms with van der Waals surface area (Å²) in [5.74, 6) is 0. The van der Waals surface area contributed by atoms with Crippen LogP contribution in [0.15, 0.2) is 18.2 Å². The van der Waals surface area contributed by atoms with Crippen molar-refractivity contribution in [2.75, 3.05) is 19.8 Å². The second-order valence-corrected chi connectivity index (χ2v) is 4.86. The van der Waals surface area contributed by atoms with E-state index >= 15 is 0 Å². The number of benzene rings is 1. The van der Waals surface area contributed by atoms with E-state index in [9.17, 15) is 0 Å². The second-order valence-electron chi connectivity index (χ2n) is 4.86. The van der Waals surface area contributed by atoms with Crippen molar-refractivity contribution in [2.45, 2.75) is 46.6 Å². The van der Waals surface area contributed by atoms with Gasteiger partial charge in [0.2, 0.25) is 0 Å². The highest BCUT2D eigenvalue weighted by Gasteiger charge is 2.08. The molecule has 0 fully saturated rings. The third kappa shape index (κ3) is 5.19. The fourth-order valence-electron chi connectivity index (χ4n) is 2.15. The van der Waals surface area contributed by atoms with Crippen LogP contribution in [0, 0.1) is 13.8 Å². The van der Waals surface area contributed by atoms with Crippen LogP contribution in [0.25, 0.3) is 0 Å². The summed E-state index contributed by atoms with van der Waals surface area (Å²) in [6.45, 7) is 11.2. The van der Waals surface area contributed by atoms with Crippen LogP contribution in [0.3, 0.4) is 0 Å². The Hall–Kier alpha value is -0.860. The first-order chi connectivity index (χ1) is 8.67. The van der Waals surface area contributed by atoms with Gasteiger partial charge in [0.25, 0.3) is 0 Å². The smallest absolute Gasteiger partial charge is 0.0480 e. The molecule has 0 aliphatic carbocycles. The summed E-state index contributed by atoms with van der Waals surface area (Å²) in [6.07, 6.45) is 2.16. The van der Waals surface area contributed by atoms with Gasteiger partial charge in [0.05, 0.1) is 0 Å². The van der Waals surface area contributed by atoms with Crippen molar-refractivity contribution in [3.63, 3.8) is 0 Å². The van der Waals surface area contributed by atoms with Crippen LogP contribution < -0.4 is 5.32 Å². The first kappa shape index (κ1) is 15.2. The van der Waals surface area contributed by atoms with E-state index in [0.717, 1.165) is 32.6 Å². The average molecular weight is 249 g/mol. The minimum Gasteiger partial charge on any atom is -0.382 e. The normalized spacial score (nSPS) is 12.7. The summed E-state index contributed by atoms with van der Waals surface area (Å²) in [4.78, 5) is 0. The van der Waals surface area contributed by atoms with Gasteiger partial charge in [-0.1, -0.05) is 25.1 Å². The summed E-state index contributed by atoms with van der Waals surface area (Å²) in [6, 6.07) is 7.29. The quantitative estimate of drug-likeness (QED) is 0.714. The first-order valence-electron chi connectivity index (χ1n) is 7.04. The van der Waals surface area contributed by atoms with E-state index < -0.39 is 0 Å². The summed E-state index contributed by atoms with van der Waals surface area (Å²) in [5.41, 5.74) is 4.17. The van der Waals surface area contributed by atoms with E-state index in [1.54, 1.807) is 0 Å². The van der Waals surface area contributed by atoms with Crippen LogP contribution in [0.4, 0.5) is 0 Å². The molecule has 1 atom stereocenters. The molecule has 1 aromatic rings. The summed E-state index contributed by atoms with van der Waals surface area (Å²) >= 11 is 0. The van der Waals surface area contributed by atoms with Crippen LogP contribution in [0.1, 0.15) is 37.0 Å². The second kappa shape index (κ2) is 8.28. The molecule has 102 valence electrons. The number of hydrogen-bond acceptors (Lipinski definition) is 2. The van der Waals surface area contributed by atoms with Crippen molar-refractivity contribution >= 4 is 0 Å². The monoisotopic (exact) mass is 249 g/mol. The molecule has 0 bridgehead atoms. The molecule has 0 amide bonds. The Balaban J connectivity index is 2.55. The molecule has 0 saturated heterocycles. The van der Waals surface area contributed by atoms with Gasteiger partial charge in [-0.05, 0) is 56.8 Å². The lowest BCUT2D eigenvalue weighted by atomic mass is 9.99. The van der Waals surface area contributed by atoms with Gasteiger partial charge in [-0.15, -0.1) is 0 Å². The first-order valence-corrected chi connectivity index (χ1v) is 7.04. The molecule has 1 rings (SSSR count). The summed E-state index contributed by atoms with van der Waals surface area (Å²) in [5, 5.41) is 3.54. The molecule has 1 unspecified atom stereocenters. The van der Waals surface area contributed by atoms with E-state index in [0.29, 0.717) is 6.04 Å². The fraction of sp³-hybridized carbons (Fsp3) is 0.625. The third-order valence-corrected chi connectivity index (χ3v) is 3.36. The molecule has 1 aromatic carbocycles. The van der Waals surface area contributed by atoms with Crippen molar-refractivity contribution in [3.8, 4) is 0 Å². The van der Waals surface area contributed by atoms with E-state index in [4.69, 9.17) is 4.74 Å². The number of ether oxygens (including phenoxy) is 1. The van der Waals surface area contributed by atoms with Gasteiger partial charge in [-0.25, -0.2) is 0 Å². The highest BCUT2D eigenvalue weighted by molar-refractivity contribution is 5.30. The Morgan fingerprint density at radius 1 is 1.17 bits per heavy atom. The molecule has 2 heteroatoms. The van der Waals surface area contributed by atoms with Gasteiger partial charge in [-0.2, -0.15) is 0 Å². The van der Waals surface area contributed by atoms with Crippen LogP contribution >= 0.6 is 0 Å². The predicted octanol–water partition coefficient (Wildman–Crippen LogP) is 3.25. The van der Waals surface area contributed by atoms with E-state index in [1.165, 1.54) is 16.7 Å². The topological polar surface area (TPSA) is 21.3 Å². The van der Waals surface area contributed by atoms with Crippen molar-refractivity contribution in [3.05, 3.63) is 34.9 Å². The zero-order valence-corrected chi connectivity index (χ0v) is 12.3. The summed E-state index contributed by atoms with van der Waals surface area (Å²) in [7, 11) is 0. The van der Waals surface area contributed by atoms with E-state index in [2.05, 4.69) is 44.3 Å². The molecule has 0 saturated carbocycles. The predicted molar refractivity (Wildman–Crippen MR) is 78.2 cm³/mol. The number of hydrogen-bond donors (Lipinski definition) is 1. The number of aryl methyl sites for hydroxylation is 2. The molecule has 0 aliphatic heterocycles. The standard InChI is InChI=1S/C16H27NO/c1-5-17-16(9-10-18-6-2)12-15-8-7-13(3)14(4)11-15/h7-8,11,16-17H,5-6,9-10,12H2,1-4H3. The van der Waals surface area contributed by atoms with Crippen molar-refractivity contribution in [1.29, 1.82) is 0 Å². The fourth-order valence-corrected chi connectivity index (χ4v) is 2.15. The maximum atomic E-state index is 5.45. The lowest BCUT2D eigenvalue weighted by Crippen LogP contribution is -2.32. The highest BCUT2D eigenvalue weighted by atomic mass is 16.5. The molecule has 1 N–H and O–H groups in total. The van der Waals surface area contributed by atoms with E-state index in [1.807, 2.05) is 6.92 Å². The molecular weight excluding hydrogens is 222 g/mol. The number of likely N-dealkylation sites (N-methyl/N-ethyl adjacent to an activating group) is 1. The van der Waals surface area contributed by atoms with Crippen molar-refractivity contribution in [2.24, 2.45) is 0 Å². The third-order valence-electron chi connectivity index (χ3n) is 3.36. The maximum absolute atomic E-state index is 5.45. The Bertz CT molecular complexity index is 349. The molecule has 2 nitrogen and oxygen atoms in total. The molecule has 0 aromatic heterocycles. The Kier molecular flexibility index (Phi) is 6.99. The SMILES string of the molecule is CCNC(CCOCC)Cc1ccc(C)c(C)c1. The molecule has 18 heavy (non-hydrogen) atoms. The van der Waals surface area contributed by atoms with Crippen LogP contribution in [0.5, 0.6) is 0 Å². The van der Waals surface area contributed by atoms with Gasteiger partial charge in [0, 0.05) is 19.3 Å². The lowest BCUT2D eigenvalue weighted by molar-refractivity contribution is 0.136. The minimum absolute atomic E-state index is 0.517. The molecule has 0 aliphatic rings. The van der Waals surface area contributed by atoms with Crippen LogP contribution in [-0.4, -0.2) is 25.8 Å². The Morgan fingerprint density at radius 3 is 2.56 bits per heavy atom. The molecule has 0 heterocycles. The van der Waals surface area contributed by atoms with Gasteiger partial charge in [-0.3, -0.25) is 0 Å². The Labute approximate surface area is 112 Å². The van der Waals surface area contributed by atoms with Crippen LogP contribution in [-0.2, 0) is 11.2 Å². The van der Waals surface area contributed by atoms with Crippen molar-refractivity contribution < 1.29 is 4.74 Å².